The molecule has 0 spiro atoms. The van der Waals surface area contributed by atoms with Gasteiger partial charge in [-0.3, -0.25) is 0 Å². The van der Waals surface area contributed by atoms with Crippen molar-refractivity contribution in [1.82, 2.24) is 14.9 Å². The van der Waals surface area contributed by atoms with Crippen LogP contribution < -0.4 is 5.32 Å². The molecule has 112 valence electrons. The zero-order chi connectivity index (χ0) is 14.5. The lowest BCUT2D eigenvalue weighted by atomic mass is 10.1. The molecule has 2 atom stereocenters. The Kier molecular flexibility index (Phi) is 4.68. The van der Waals surface area contributed by atoms with E-state index in [1.165, 1.54) is 12.8 Å². The number of benzene rings is 1. The summed E-state index contributed by atoms with van der Waals surface area (Å²) in [6.07, 6.45) is 6.65. The molecule has 1 aromatic carbocycles. The summed E-state index contributed by atoms with van der Waals surface area (Å²) in [4.78, 5) is 4.47. The summed E-state index contributed by atoms with van der Waals surface area (Å²) < 4.78 is 7.91. The lowest BCUT2D eigenvalue weighted by molar-refractivity contribution is 0.0835. The standard InChI is InChI=1S/C17H23N3O/c1-14(16-8-5-13-21-16)18-9-11-20-12-10-19-17(20)15-6-3-2-4-7-15/h2-4,6-7,10,12,14,16,18H,5,8-9,11,13H2,1H3. The van der Waals surface area contributed by atoms with Crippen molar-refractivity contribution in [1.29, 1.82) is 0 Å². The zero-order valence-electron chi connectivity index (χ0n) is 12.5. The highest BCUT2D eigenvalue weighted by Gasteiger charge is 2.21. The molecule has 1 aromatic heterocycles. The molecule has 0 aliphatic carbocycles. The number of hydrogen-bond donors (Lipinski definition) is 1. The third-order valence-electron chi connectivity index (χ3n) is 4.09. The Morgan fingerprint density at radius 2 is 2.24 bits per heavy atom. The SMILES string of the molecule is CC(NCCn1ccnc1-c1ccccc1)C1CCCO1. The summed E-state index contributed by atoms with van der Waals surface area (Å²) >= 11 is 0. The second-order valence-corrected chi connectivity index (χ2v) is 5.60. The molecule has 2 heterocycles. The molecule has 1 saturated heterocycles. The third kappa shape index (κ3) is 3.52. The topological polar surface area (TPSA) is 39.1 Å². The first kappa shape index (κ1) is 14.3. The summed E-state index contributed by atoms with van der Waals surface area (Å²) in [7, 11) is 0. The van der Waals surface area contributed by atoms with Gasteiger partial charge in [0.1, 0.15) is 5.82 Å². The van der Waals surface area contributed by atoms with Crippen molar-refractivity contribution in [2.45, 2.75) is 38.5 Å². The Balaban J connectivity index is 1.55. The minimum Gasteiger partial charge on any atom is -0.377 e. The fourth-order valence-corrected chi connectivity index (χ4v) is 2.88. The van der Waals surface area contributed by atoms with Crippen LogP contribution in [-0.2, 0) is 11.3 Å². The first-order valence-electron chi connectivity index (χ1n) is 7.76. The largest absolute Gasteiger partial charge is 0.377 e. The number of hydrogen-bond acceptors (Lipinski definition) is 3. The summed E-state index contributed by atoms with van der Waals surface area (Å²) in [6, 6.07) is 10.7. The van der Waals surface area contributed by atoms with Gasteiger partial charge in [0, 0.05) is 43.7 Å². The molecule has 4 heteroatoms. The highest BCUT2D eigenvalue weighted by atomic mass is 16.5. The van der Waals surface area contributed by atoms with E-state index in [1.807, 2.05) is 30.6 Å². The first-order chi connectivity index (χ1) is 10.3. The van der Waals surface area contributed by atoms with Gasteiger partial charge in [0.25, 0.3) is 0 Å². The Labute approximate surface area is 126 Å². The molecular formula is C17H23N3O. The van der Waals surface area contributed by atoms with E-state index in [2.05, 4.69) is 33.9 Å². The minimum atomic E-state index is 0.376. The molecule has 1 fully saturated rings. The van der Waals surface area contributed by atoms with Crippen LogP contribution in [0.4, 0.5) is 0 Å². The second kappa shape index (κ2) is 6.87. The van der Waals surface area contributed by atoms with Crippen LogP contribution in [0.5, 0.6) is 0 Å². The van der Waals surface area contributed by atoms with Crippen LogP contribution in [0, 0.1) is 0 Å². The highest BCUT2D eigenvalue weighted by molar-refractivity contribution is 5.55. The fourth-order valence-electron chi connectivity index (χ4n) is 2.88. The molecule has 1 aliphatic rings. The molecule has 0 saturated carbocycles. The molecule has 1 aliphatic heterocycles. The maximum absolute atomic E-state index is 5.71. The Morgan fingerprint density at radius 3 is 3.00 bits per heavy atom. The summed E-state index contributed by atoms with van der Waals surface area (Å²) in [5, 5.41) is 3.57. The monoisotopic (exact) mass is 285 g/mol. The van der Waals surface area contributed by atoms with E-state index < -0.39 is 0 Å². The van der Waals surface area contributed by atoms with E-state index in [-0.39, 0.29) is 0 Å². The molecular weight excluding hydrogens is 262 g/mol. The highest BCUT2D eigenvalue weighted by Crippen LogP contribution is 2.17. The number of ether oxygens (including phenoxy) is 1. The van der Waals surface area contributed by atoms with Gasteiger partial charge in [-0.1, -0.05) is 30.3 Å². The average Bonchev–Trinajstić information content (AvgIpc) is 3.20. The van der Waals surface area contributed by atoms with Crippen molar-refractivity contribution < 1.29 is 4.74 Å². The van der Waals surface area contributed by atoms with Crippen molar-refractivity contribution in [3.8, 4) is 11.4 Å². The molecule has 2 unspecified atom stereocenters. The molecule has 0 bridgehead atoms. The van der Waals surface area contributed by atoms with Crippen LogP contribution in [0.3, 0.4) is 0 Å². The summed E-state index contributed by atoms with van der Waals surface area (Å²) in [6.45, 7) is 4.97. The van der Waals surface area contributed by atoms with Gasteiger partial charge in [-0.25, -0.2) is 4.98 Å². The molecule has 21 heavy (non-hydrogen) atoms. The van der Waals surface area contributed by atoms with Crippen molar-refractivity contribution in [2.75, 3.05) is 13.2 Å². The lowest BCUT2D eigenvalue weighted by Crippen LogP contribution is -2.38. The Morgan fingerprint density at radius 1 is 1.38 bits per heavy atom. The number of aromatic nitrogens is 2. The first-order valence-corrected chi connectivity index (χ1v) is 7.76. The van der Waals surface area contributed by atoms with Crippen LogP contribution in [0.1, 0.15) is 19.8 Å². The van der Waals surface area contributed by atoms with E-state index in [1.54, 1.807) is 0 Å². The predicted molar refractivity (Wildman–Crippen MR) is 84.1 cm³/mol. The maximum atomic E-state index is 5.71. The van der Waals surface area contributed by atoms with E-state index in [4.69, 9.17) is 4.74 Å². The second-order valence-electron chi connectivity index (χ2n) is 5.60. The zero-order valence-corrected chi connectivity index (χ0v) is 12.5. The van der Waals surface area contributed by atoms with Gasteiger partial charge in [-0.05, 0) is 19.8 Å². The smallest absolute Gasteiger partial charge is 0.139 e. The molecule has 4 nitrogen and oxygen atoms in total. The van der Waals surface area contributed by atoms with Crippen LogP contribution in [0.25, 0.3) is 11.4 Å². The lowest BCUT2D eigenvalue weighted by Gasteiger charge is -2.20. The van der Waals surface area contributed by atoms with Gasteiger partial charge < -0.3 is 14.6 Å². The average molecular weight is 285 g/mol. The third-order valence-corrected chi connectivity index (χ3v) is 4.09. The predicted octanol–water partition coefficient (Wildman–Crippen LogP) is 2.71. The van der Waals surface area contributed by atoms with E-state index >= 15 is 0 Å². The molecule has 2 aromatic rings. The van der Waals surface area contributed by atoms with Gasteiger partial charge >= 0.3 is 0 Å². The van der Waals surface area contributed by atoms with Crippen molar-refractivity contribution in [2.24, 2.45) is 0 Å². The van der Waals surface area contributed by atoms with Crippen molar-refractivity contribution >= 4 is 0 Å². The Bertz CT molecular complexity index is 546. The normalized spacial score (nSPS) is 19.8. The quantitative estimate of drug-likeness (QED) is 0.887. The number of imidazole rings is 1. The van der Waals surface area contributed by atoms with E-state index in [0.29, 0.717) is 12.1 Å². The molecule has 3 rings (SSSR count). The van der Waals surface area contributed by atoms with Crippen molar-refractivity contribution in [3.63, 3.8) is 0 Å². The number of nitrogens with one attached hydrogen (secondary N) is 1. The van der Waals surface area contributed by atoms with Crippen LogP contribution in [0.2, 0.25) is 0 Å². The molecule has 1 N–H and O–H groups in total. The number of nitrogens with zero attached hydrogens (tertiary/aromatic N) is 2. The number of rotatable bonds is 6. The van der Waals surface area contributed by atoms with Gasteiger partial charge in [0.15, 0.2) is 0 Å². The van der Waals surface area contributed by atoms with E-state index in [9.17, 15) is 0 Å². The van der Waals surface area contributed by atoms with Gasteiger partial charge in [-0.2, -0.15) is 0 Å². The van der Waals surface area contributed by atoms with Crippen LogP contribution in [-0.4, -0.2) is 34.8 Å². The fraction of sp³-hybridized carbons (Fsp3) is 0.471. The van der Waals surface area contributed by atoms with Gasteiger partial charge in [-0.15, -0.1) is 0 Å². The summed E-state index contributed by atoms with van der Waals surface area (Å²) in [5.41, 5.74) is 1.16. The molecule has 0 amide bonds. The van der Waals surface area contributed by atoms with Crippen LogP contribution >= 0.6 is 0 Å². The van der Waals surface area contributed by atoms with Gasteiger partial charge in [0.2, 0.25) is 0 Å². The minimum absolute atomic E-state index is 0.376. The van der Waals surface area contributed by atoms with Gasteiger partial charge in [0.05, 0.1) is 6.10 Å². The van der Waals surface area contributed by atoms with Crippen LogP contribution in [0.15, 0.2) is 42.7 Å². The van der Waals surface area contributed by atoms with Crippen molar-refractivity contribution in [3.05, 3.63) is 42.7 Å². The Hall–Kier alpha value is -1.65. The maximum Gasteiger partial charge on any atom is 0.139 e. The summed E-state index contributed by atoms with van der Waals surface area (Å²) in [5.74, 6) is 1.03. The van der Waals surface area contributed by atoms with E-state index in [0.717, 1.165) is 31.1 Å². The molecule has 0 radical (unpaired) electrons.